The number of Topliss-reactive ketones (excluding diaryl/α,β-unsaturated/α-hetero) is 1. The van der Waals surface area contributed by atoms with Gasteiger partial charge in [0.1, 0.15) is 0 Å². The molecule has 0 saturated carbocycles. The fourth-order valence-corrected chi connectivity index (χ4v) is 3.35. The SMILES string of the molecule is CC=C(c1ccc(Cl)cc1)c1ccc(Cl)cc1.CCc1ccc(CCC(=O)C(F)(F)F)cc1. The van der Waals surface area contributed by atoms with Crippen molar-refractivity contribution < 1.29 is 18.0 Å². The zero-order valence-corrected chi connectivity index (χ0v) is 19.9. The van der Waals surface area contributed by atoms with E-state index in [0.29, 0.717) is 0 Å². The van der Waals surface area contributed by atoms with E-state index in [-0.39, 0.29) is 6.42 Å². The van der Waals surface area contributed by atoms with Crippen molar-refractivity contribution in [3.05, 3.63) is 111 Å². The van der Waals surface area contributed by atoms with Gasteiger partial charge in [-0.05, 0) is 71.9 Å². The summed E-state index contributed by atoms with van der Waals surface area (Å²) in [5.74, 6) is -1.66. The Hall–Kier alpha value is -2.56. The minimum Gasteiger partial charge on any atom is -0.290 e. The van der Waals surface area contributed by atoms with E-state index in [1.807, 2.05) is 74.5 Å². The Kier molecular flexibility index (Phi) is 10.2. The number of aryl methyl sites for hydroxylation is 2. The first kappa shape index (κ1) is 26.7. The lowest BCUT2D eigenvalue weighted by atomic mass is 9.98. The van der Waals surface area contributed by atoms with Crippen LogP contribution in [0.5, 0.6) is 0 Å². The first-order valence-electron chi connectivity index (χ1n) is 10.5. The van der Waals surface area contributed by atoms with Crippen LogP contribution in [0.3, 0.4) is 0 Å². The van der Waals surface area contributed by atoms with Crippen LogP contribution in [-0.2, 0) is 17.6 Å². The lowest BCUT2D eigenvalue weighted by molar-refractivity contribution is -0.171. The van der Waals surface area contributed by atoms with Crippen molar-refractivity contribution in [2.75, 3.05) is 0 Å². The monoisotopic (exact) mass is 492 g/mol. The number of halogens is 5. The minimum atomic E-state index is -4.71. The van der Waals surface area contributed by atoms with Crippen LogP contribution in [0, 0.1) is 0 Å². The van der Waals surface area contributed by atoms with Crippen LogP contribution in [0.2, 0.25) is 10.0 Å². The van der Waals surface area contributed by atoms with Gasteiger partial charge in [0.25, 0.3) is 0 Å². The maximum atomic E-state index is 11.9. The Morgan fingerprint density at radius 1 is 0.788 bits per heavy atom. The molecule has 0 unspecified atom stereocenters. The molecule has 174 valence electrons. The molecule has 0 saturated heterocycles. The van der Waals surface area contributed by atoms with Crippen molar-refractivity contribution in [1.82, 2.24) is 0 Å². The average molecular weight is 493 g/mol. The molecule has 0 aliphatic heterocycles. The number of rotatable bonds is 6. The third kappa shape index (κ3) is 8.71. The van der Waals surface area contributed by atoms with Gasteiger partial charge in [-0.25, -0.2) is 0 Å². The first-order chi connectivity index (χ1) is 15.6. The van der Waals surface area contributed by atoms with Gasteiger partial charge in [0.2, 0.25) is 5.78 Å². The topological polar surface area (TPSA) is 17.1 Å². The maximum Gasteiger partial charge on any atom is 0.449 e. The van der Waals surface area contributed by atoms with Gasteiger partial charge in [0.15, 0.2) is 0 Å². The molecule has 0 atom stereocenters. The summed E-state index contributed by atoms with van der Waals surface area (Å²) in [6, 6.07) is 22.9. The van der Waals surface area contributed by atoms with Crippen molar-refractivity contribution in [2.24, 2.45) is 0 Å². The molecular weight excluding hydrogens is 468 g/mol. The van der Waals surface area contributed by atoms with Gasteiger partial charge in [0.05, 0.1) is 0 Å². The molecule has 0 heterocycles. The molecule has 0 radical (unpaired) electrons. The number of alkyl halides is 3. The van der Waals surface area contributed by atoms with Crippen LogP contribution >= 0.6 is 23.2 Å². The van der Waals surface area contributed by atoms with Gasteiger partial charge < -0.3 is 0 Å². The van der Waals surface area contributed by atoms with E-state index in [4.69, 9.17) is 23.2 Å². The number of carbonyl (C=O) groups excluding carboxylic acids is 1. The van der Waals surface area contributed by atoms with E-state index in [9.17, 15) is 18.0 Å². The molecule has 3 rings (SSSR count). The van der Waals surface area contributed by atoms with Crippen LogP contribution in [0.4, 0.5) is 13.2 Å². The Balaban J connectivity index is 0.000000234. The summed E-state index contributed by atoms with van der Waals surface area (Å²) >= 11 is 11.8. The Bertz CT molecular complexity index is 1010. The molecule has 0 amide bonds. The van der Waals surface area contributed by atoms with Gasteiger partial charge in [-0.15, -0.1) is 0 Å². The minimum absolute atomic E-state index is 0.141. The molecule has 33 heavy (non-hydrogen) atoms. The van der Waals surface area contributed by atoms with E-state index in [1.54, 1.807) is 12.1 Å². The fourth-order valence-electron chi connectivity index (χ4n) is 3.10. The number of allylic oxidation sites excluding steroid dienone is 1. The van der Waals surface area contributed by atoms with Gasteiger partial charge in [-0.1, -0.05) is 84.7 Å². The standard InChI is InChI=1S/C15H12Cl2.C12H13F3O/c1-2-15(11-3-7-13(16)8-4-11)12-5-9-14(17)10-6-12;1-2-9-3-5-10(6-4-9)7-8-11(16)12(13,14)15/h2-10H,1H3;3-6H,2,7-8H2,1H3. The Morgan fingerprint density at radius 3 is 1.58 bits per heavy atom. The summed E-state index contributed by atoms with van der Waals surface area (Å²) in [6.07, 6.45) is -2.06. The molecule has 6 heteroatoms. The second-order valence-corrected chi connectivity index (χ2v) is 8.18. The normalized spacial score (nSPS) is 10.8. The highest BCUT2D eigenvalue weighted by molar-refractivity contribution is 6.31. The number of ketones is 1. The molecule has 1 nitrogen and oxygen atoms in total. The van der Waals surface area contributed by atoms with E-state index >= 15 is 0 Å². The van der Waals surface area contributed by atoms with Crippen LogP contribution in [-0.4, -0.2) is 12.0 Å². The molecule has 3 aromatic rings. The second-order valence-electron chi connectivity index (χ2n) is 7.31. The van der Waals surface area contributed by atoms with Crippen molar-refractivity contribution in [2.45, 2.75) is 39.3 Å². The molecule has 0 fully saturated rings. The first-order valence-corrected chi connectivity index (χ1v) is 11.3. The maximum absolute atomic E-state index is 11.9. The molecule has 3 aromatic carbocycles. The summed E-state index contributed by atoms with van der Waals surface area (Å²) in [5, 5.41) is 1.50. The van der Waals surface area contributed by atoms with Gasteiger partial charge in [0, 0.05) is 16.5 Å². The van der Waals surface area contributed by atoms with Gasteiger partial charge in [-0.2, -0.15) is 13.2 Å². The number of hydrogen-bond acceptors (Lipinski definition) is 1. The van der Waals surface area contributed by atoms with E-state index < -0.39 is 18.4 Å². The third-order valence-electron chi connectivity index (χ3n) is 4.99. The van der Waals surface area contributed by atoms with E-state index in [0.717, 1.165) is 38.7 Å². The Morgan fingerprint density at radius 2 is 1.21 bits per heavy atom. The summed E-state index contributed by atoms with van der Waals surface area (Å²) < 4.78 is 35.8. The molecule has 0 spiro atoms. The quantitative estimate of drug-likeness (QED) is 0.336. The zero-order valence-electron chi connectivity index (χ0n) is 18.4. The predicted octanol–water partition coefficient (Wildman–Crippen LogP) is 8.76. The lowest BCUT2D eigenvalue weighted by Crippen LogP contribution is -2.22. The molecule has 0 aliphatic carbocycles. The van der Waals surface area contributed by atoms with E-state index in [1.165, 1.54) is 5.57 Å². The lowest BCUT2D eigenvalue weighted by Gasteiger charge is -2.08. The van der Waals surface area contributed by atoms with Crippen LogP contribution in [0.25, 0.3) is 5.57 Å². The highest BCUT2D eigenvalue weighted by Gasteiger charge is 2.37. The molecule has 0 aliphatic rings. The van der Waals surface area contributed by atoms with Crippen molar-refractivity contribution in [1.29, 1.82) is 0 Å². The van der Waals surface area contributed by atoms with Gasteiger partial charge >= 0.3 is 6.18 Å². The van der Waals surface area contributed by atoms with Crippen molar-refractivity contribution >= 4 is 34.6 Å². The molecule has 0 N–H and O–H groups in total. The van der Waals surface area contributed by atoms with Crippen LogP contribution < -0.4 is 0 Å². The van der Waals surface area contributed by atoms with Crippen molar-refractivity contribution in [3.8, 4) is 0 Å². The number of benzene rings is 3. The third-order valence-corrected chi connectivity index (χ3v) is 5.49. The van der Waals surface area contributed by atoms with Crippen LogP contribution in [0.1, 0.15) is 42.5 Å². The summed E-state index contributed by atoms with van der Waals surface area (Å²) in [7, 11) is 0. The molecular formula is C27H25Cl2F3O. The second kappa shape index (κ2) is 12.6. The fraction of sp³-hybridized carbons (Fsp3) is 0.222. The Labute approximate surface area is 202 Å². The highest BCUT2D eigenvalue weighted by Crippen LogP contribution is 2.25. The predicted molar refractivity (Wildman–Crippen MR) is 131 cm³/mol. The summed E-state index contributed by atoms with van der Waals surface area (Å²) in [4.78, 5) is 10.6. The highest BCUT2D eigenvalue weighted by atomic mass is 35.5. The number of hydrogen-bond donors (Lipinski definition) is 0. The van der Waals surface area contributed by atoms with E-state index in [2.05, 4.69) is 6.08 Å². The smallest absolute Gasteiger partial charge is 0.290 e. The number of carbonyl (C=O) groups is 1. The van der Waals surface area contributed by atoms with Crippen LogP contribution in [0.15, 0.2) is 78.9 Å². The zero-order chi connectivity index (χ0) is 24.4. The summed E-state index contributed by atoms with van der Waals surface area (Å²) in [5.41, 5.74) is 5.37. The summed E-state index contributed by atoms with van der Waals surface area (Å²) in [6.45, 7) is 4.03. The molecule has 0 bridgehead atoms. The van der Waals surface area contributed by atoms with Gasteiger partial charge in [-0.3, -0.25) is 4.79 Å². The van der Waals surface area contributed by atoms with Crippen molar-refractivity contribution in [3.63, 3.8) is 0 Å². The largest absolute Gasteiger partial charge is 0.449 e. The molecule has 0 aromatic heterocycles. The average Bonchev–Trinajstić information content (AvgIpc) is 2.80.